The molecule has 0 amide bonds. The van der Waals surface area contributed by atoms with Gasteiger partial charge in [-0.1, -0.05) is 66.7 Å². The Morgan fingerprint density at radius 1 is 0.850 bits per heavy atom. The van der Waals surface area contributed by atoms with E-state index < -0.39 is 0 Å². The van der Waals surface area contributed by atoms with E-state index in [1.54, 1.807) is 0 Å². The SMILES string of the molecule is C/C=C/c1cccc(-c2c(C)ccc3ccccc23)c1. The molecule has 0 fully saturated rings. The van der Waals surface area contributed by atoms with Crippen LogP contribution in [-0.2, 0) is 0 Å². The van der Waals surface area contributed by atoms with Gasteiger partial charge in [-0.25, -0.2) is 0 Å². The monoisotopic (exact) mass is 258 g/mol. The molecule has 3 aromatic carbocycles. The third-order valence-electron chi connectivity index (χ3n) is 3.67. The Morgan fingerprint density at radius 3 is 2.55 bits per heavy atom. The molecule has 0 nitrogen and oxygen atoms in total. The van der Waals surface area contributed by atoms with E-state index in [-0.39, 0.29) is 0 Å². The molecule has 0 bridgehead atoms. The van der Waals surface area contributed by atoms with E-state index in [1.165, 1.54) is 33.0 Å². The van der Waals surface area contributed by atoms with Gasteiger partial charge in [-0.3, -0.25) is 0 Å². The summed E-state index contributed by atoms with van der Waals surface area (Å²) in [5, 5.41) is 2.62. The van der Waals surface area contributed by atoms with E-state index in [4.69, 9.17) is 0 Å². The summed E-state index contributed by atoms with van der Waals surface area (Å²) in [6.45, 7) is 4.24. The van der Waals surface area contributed by atoms with E-state index in [9.17, 15) is 0 Å². The molecule has 0 spiro atoms. The summed E-state index contributed by atoms with van der Waals surface area (Å²) in [6, 6.07) is 21.7. The van der Waals surface area contributed by atoms with Crippen LogP contribution in [0.1, 0.15) is 18.1 Å². The van der Waals surface area contributed by atoms with E-state index in [0.717, 1.165) is 0 Å². The maximum atomic E-state index is 2.26. The molecule has 0 atom stereocenters. The average molecular weight is 258 g/mol. The summed E-state index contributed by atoms with van der Waals surface area (Å²) in [5.74, 6) is 0. The molecule has 0 radical (unpaired) electrons. The fourth-order valence-corrected chi connectivity index (χ4v) is 2.75. The Hall–Kier alpha value is -2.34. The van der Waals surface area contributed by atoms with Crippen LogP contribution < -0.4 is 0 Å². The Kier molecular flexibility index (Phi) is 3.39. The van der Waals surface area contributed by atoms with Crippen LogP contribution in [0.3, 0.4) is 0 Å². The van der Waals surface area contributed by atoms with Crippen LogP contribution in [0.15, 0.2) is 66.7 Å². The molecular formula is C20H18. The van der Waals surface area contributed by atoms with Crippen molar-refractivity contribution in [1.29, 1.82) is 0 Å². The minimum absolute atomic E-state index is 1.25. The number of rotatable bonds is 2. The first-order chi connectivity index (χ1) is 9.79. The van der Waals surface area contributed by atoms with Gasteiger partial charge in [0.1, 0.15) is 0 Å². The van der Waals surface area contributed by atoms with Gasteiger partial charge in [-0.2, -0.15) is 0 Å². The van der Waals surface area contributed by atoms with Crippen molar-refractivity contribution in [2.45, 2.75) is 13.8 Å². The molecule has 0 heterocycles. The molecule has 0 N–H and O–H groups in total. The molecule has 3 aromatic rings. The number of hydrogen-bond acceptors (Lipinski definition) is 0. The standard InChI is InChI=1S/C20H18/c1-3-7-16-8-6-10-18(14-16)20-15(2)12-13-17-9-4-5-11-19(17)20/h3-14H,1-2H3/b7-3+. The average Bonchev–Trinajstić information content (AvgIpc) is 2.48. The van der Waals surface area contributed by atoms with E-state index in [0.29, 0.717) is 0 Å². The van der Waals surface area contributed by atoms with Gasteiger partial charge in [0.25, 0.3) is 0 Å². The lowest BCUT2D eigenvalue weighted by Gasteiger charge is -2.11. The van der Waals surface area contributed by atoms with Crippen molar-refractivity contribution in [2.24, 2.45) is 0 Å². The van der Waals surface area contributed by atoms with E-state index >= 15 is 0 Å². The molecule has 0 heteroatoms. The number of aryl methyl sites for hydroxylation is 1. The Labute approximate surface area is 120 Å². The third kappa shape index (κ3) is 2.25. The summed E-state index contributed by atoms with van der Waals surface area (Å²) in [4.78, 5) is 0. The molecule has 0 saturated carbocycles. The second-order valence-corrected chi connectivity index (χ2v) is 5.10. The first kappa shape index (κ1) is 12.7. The number of allylic oxidation sites excluding steroid dienone is 1. The molecule has 0 aromatic heterocycles. The lowest BCUT2D eigenvalue weighted by molar-refractivity contribution is 1.48. The van der Waals surface area contributed by atoms with Crippen LogP contribution in [0.5, 0.6) is 0 Å². The van der Waals surface area contributed by atoms with Crippen LogP contribution in [0.2, 0.25) is 0 Å². The molecule has 0 aliphatic carbocycles. The van der Waals surface area contributed by atoms with E-state index in [2.05, 4.69) is 86.7 Å². The fraction of sp³-hybridized carbons (Fsp3) is 0.100. The fourth-order valence-electron chi connectivity index (χ4n) is 2.75. The first-order valence-corrected chi connectivity index (χ1v) is 7.01. The molecule has 98 valence electrons. The molecule has 20 heavy (non-hydrogen) atoms. The zero-order chi connectivity index (χ0) is 13.9. The van der Waals surface area contributed by atoms with Crippen molar-refractivity contribution in [2.75, 3.05) is 0 Å². The number of fused-ring (bicyclic) bond motifs is 1. The third-order valence-corrected chi connectivity index (χ3v) is 3.67. The Morgan fingerprint density at radius 2 is 1.70 bits per heavy atom. The zero-order valence-corrected chi connectivity index (χ0v) is 11.9. The van der Waals surface area contributed by atoms with Gasteiger partial charge in [-0.05, 0) is 52.9 Å². The number of hydrogen-bond donors (Lipinski definition) is 0. The maximum Gasteiger partial charge on any atom is -0.00759 e. The van der Waals surface area contributed by atoms with Crippen molar-refractivity contribution in [3.63, 3.8) is 0 Å². The van der Waals surface area contributed by atoms with E-state index in [1.807, 2.05) is 0 Å². The minimum Gasteiger partial charge on any atom is -0.0871 e. The Balaban J connectivity index is 2.28. The smallest absolute Gasteiger partial charge is 0.00759 e. The highest BCUT2D eigenvalue weighted by molar-refractivity contribution is 5.98. The summed E-state index contributed by atoms with van der Waals surface area (Å²) < 4.78 is 0. The van der Waals surface area contributed by atoms with Crippen LogP contribution in [0, 0.1) is 6.92 Å². The molecule has 0 aliphatic rings. The summed E-state index contributed by atoms with van der Waals surface area (Å²) in [6.07, 6.45) is 4.22. The van der Waals surface area contributed by atoms with Crippen LogP contribution in [-0.4, -0.2) is 0 Å². The predicted molar refractivity (Wildman–Crippen MR) is 88.8 cm³/mol. The van der Waals surface area contributed by atoms with Gasteiger partial charge in [-0.15, -0.1) is 0 Å². The second kappa shape index (κ2) is 5.34. The number of benzene rings is 3. The molecular weight excluding hydrogens is 240 g/mol. The summed E-state index contributed by atoms with van der Waals surface area (Å²) >= 11 is 0. The highest BCUT2D eigenvalue weighted by atomic mass is 14.1. The molecule has 3 rings (SSSR count). The van der Waals surface area contributed by atoms with Crippen molar-refractivity contribution in [1.82, 2.24) is 0 Å². The molecule has 0 unspecified atom stereocenters. The molecule has 0 saturated heterocycles. The van der Waals surface area contributed by atoms with Gasteiger partial charge in [0.2, 0.25) is 0 Å². The lowest BCUT2D eigenvalue weighted by Crippen LogP contribution is -1.87. The lowest BCUT2D eigenvalue weighted by atomic mass is 9.93. The predicted octanol–water partition coefficient (Wildman–Crippen LogP) is 5.85. The summed E-state index contributed by atoms with van der Waals surface area (Å²) in [7, 11) is 0. The topological polar surface area (TPSA) is 0 Å². The van der Waals surface area contributed by atoms with Crippen LogP contribution >= 0.6 is 0 Å². The zero-order valence-electron chi connectivity index (χ0n) is 11.9. The van der Waals surface area contributed by atoms with Gasteiger partial charge in [0.05, 0.1) is 0 Å². The van der Waals surface area contributed by atoms with Crippen molar-refractivity contribution < 1.29 is 0 Å². The largest absolute Gasteiger partial charge is 0.0871 e. The van der Waals surface area contributed by atoms with Gasteiger partial charge >= 0.3 is 0 Å². The normalized spacial score (nSPS) is 11.3. The quantitative estimate of drug-likeness (QED) is 0.541. The van der Waals surface area contributed by atoms with Gasteiger partial charge < -0.3 is 0 Å². The maximum absolute atomic E-state index is 2.26. The van der Waals surface area contributed by atoms with Gasteiger partial charge in [0, 0.05) is 0 Å². The highest BCUT2D eigenvalue weighted by Crippen LogP contribution is 2.32. The minimum atomic E-state index is 1.25. The van der Waals surface area contributed by atoms with Gasteiger partial charge in [0.15, 0.2) is 0 Å². The van der Waals surface area contributed by atoms with Crippen molar-refractivity contribution in [3.05, 3.63) is 77.9 Å². The van der Waals surface area contributed by atoms with Crippen molar-refractivity contribution in [3.8, 4) is 11.1 Å². The highest BCUT2D eigenvalue weighted by Gasteiger charge is 2.07. The van der Waals surface area contributed by atoms with Crippen LogP contribution in [0.4, 0.5) is 0 Å². The summed E-state index contributed by atoms with van der Waals surface area (Å²) in [5.41, 5.74) is 5.20. The van der Waals surface area contributed by atoms with Crippen molar-refractivity contribution >= 4 is 16.8 Å². The first-order valence-electron chi connectivity index (χ1n) is 7.01. The Bertz CT molecular complexity index is 779. The molecule has 0 aliphatic heterocycles. The second-order valence-electron chi connectivity index (χ2n) is 5.10. The van der Waals surface area contributed by atoms with Crippen LogP contribution in [0.25, 0.3) is 28.0 Å².